The first-order chi connectivity index (χ1) is 25.0. The van der Waals surface area contributed by atoms with Gasteiger partial charge in [0, 0.05) is 16.9 Å². The number of pyridine rings is 1. The molecule has 0 amide bonds. The molecular formula is C33H24N8O10S2. The molecule has 0 saturated carbocycles. The van der Waals surface area contributed by atoms with Gasteiger partial charge >= 0.3 is 11.9 Å². The second-order valence-corrected chi connectivity index (χ2v) is 13.7. The topological polar surface area (TPSA) is 294 Å². The Kier molecular flexibility index (Phi) is 10.7. The third-order valence-corrected chi connectivity index (χ3v) is 8.90. The summed E-state index contributed by atoms with van der Waals surface area (Å²) in [7, 11) is -8.92. The predicted molar refractivity (Wildman–Crippen MR) is 188 cm³/mol. The first kappa shape index (κ1) is 37.3. The summed E-state index contributed by atoms with van der Waals surface area (Å²) in [5.74, 6) is -2.59. The van der Waals surface area contributed by atoms with Crippen LogP contribution in [0.1, 0.15) is 31.8 Å². The van der Waals surface area contributed by atoms with Gasteiger partial charge in [-0.3, -0.25) is 9.11 Å². The van der Waals surface area contributed by atoms with Crippen LogP contribution in [0.25, 0.3) is 0 Å². The molecule has 0 aliphatic carbocycles. The molecule has 0 spiro atoms. The maximum absolute atomic E-state index is 11.5. The molecule has 5 aromatic rings. The van der Waals surface area contributed by atoms with Crippen LogP contribution in [0.3, 0.4) is 0 Å². The number of azo groups is 2. The molecule has 18 nitrogen and oxygen atoms in total. The van der Waals surface area contributed by atoms with Gasteiger partial charge in [-0.05, 0) is 97.9 Å². The number of anilines is 4. The molecule has 5 rings (SSSR count). The van der Waals surface area contributed by atoms with Crippen molar-refractivity contribution in [1.29, 1.82) is 5.26 Å². The van der Waals surface area contributed by atoms with Gasteiger partial charge in [0.05, 0.1) is 43.5 Å². The Morgan fingerprint density at radius 3 is 1.47 bits per heavy atom. The molecule has 268 valence electrons. The first-order valence-corrected chi connectivity index (χ1v) is 17.6. The standard InChI is InChI=1S/C33H24N8O10S2/c1-18-28(17-34)30(35-21-6-10-26(11-7-21)52(46,47)48)37-31(36-22-8-12-27(13-9-22)53(49,50)51)29(18)41-39-24-4-2-23(3-5-24)38-40-25-15-19(32(42)43)14-20(16-25)33(44)45/h2-16H,1H3,(H,42,43)(H,44,45)(H2,35,36,37)(H,46,47,48)(H,49,50,51)/b40-38+,41-39+. The Hall–Kier alpha value is -6.92. The highest BCUT2D eigenvalue weighted by molar-refractivity contribution is 7.86. The number of hydrogen-bond acceptors (Lipinski definition) is 14. The lowest BCUT2D eigenvalue weighted by Gasteiger charge is -2.16. The molecule has 0 fully saturated rings. The lowest BCUT2D eigenvalue weighted by molar-refractivity contribution is 0.0696. The largest absolute Gasteiger partial charge is 0.478 e. The van der Waals surface area contributed by atoms with E-state index in [-0.39, 0.29) is 49.5 Å². The van der Waals surface area contributed by atoms with Gasteiger partial charge in [-0.2, -0.15) is 37.4 Å². The van der Waals surface area contributed by atoms with Crippen LogP contribution in [-0.4, -0.2) is 53.1 Å². The van der Waals surface area contributed by atoms with Crippen molar-refractivity contribution in [2.75, 3.05) is 10.6 Å². The number of carboxylic acids is 2. The minimum atomic E-state index is -4.47. The number of rotatable bonds is 12. The van der Waals surface area contributed by atoms with Gasteiger partial charge in [-0.15, -0.1) is 5.11 Å². The average Bonchev–Trinajstić information content (AvgIpc) is 3.10. The summed E-state index contributed by atoms with van der Waals surface area (Å²) in [6, 6.07) is 21.5. The van der Waals surface area contributed by atoms with Crippen LogP contribution in [-0.2, 0) is 20.2 Å². The molecular weight excluding hydrogens is 733 g/mol. The van der Waals surface area contributed by atoms with E-state index in [1.54, 1.807) is 6.92 Å². The molecule has 4 aromatic carbocycles. The molecule has 0 unspecified atom stereocenters. The van der Waals surface area contributed by atoms with Crippen molar-refractivity contribution in [3.8, 4) is 6.07 Å². The van der Waals surface area contributed by atoms with E-state index in [0.717, 1.165) is 30.3 Å². The number of carbonyl (C=O) groups is 2. The van der Waals surface area contributed by atoms with Crippen molar-refractivity contribution in [3.05, 3.63) is 113 Å². The van der Waals surface area contributed by atoms with E-state index < -0.39 is 32.2 Å². The van der Waals surface area contributed by atoms with Gasteiger partial charge in [0.1, 0.15) is 11.8 Å². The highest BCUT2D eigenvalue weighted by Gasteiger charge is 2.19. The van der Waals surface area contributed by atoms with Crippen LogP contribution in [0.15, 0.2) is 121 Å². The average molecular weight is 757 g/mol. The molecule has 20 heteroatoms. The van der Waals surface area contributed by atoms with E-state index in [9.17, 15) is 51.0 Å². The summed E-state index contributed by atoms with van der Waals surface area (Å²) in [6.45, 7) is 1.58. The van der Waals surface area contributed by atoms with Crippen molar-refractivity contribution >= 4 is 77.9 Å². The number of nitrogens with zero attached hydrogens (tertiary/aromatic N) is 6. The number of nitriles is 1. The van der Waals surface area contributed by atoms with Gasteiger partial charge in [-0.1, -0.05) is 0 Å². The van der Waals surface area contributed by atoms with Crippen LogP contribution < -0.4 is 10.6 Å². The van der Waals surface area contributed by atoms with E-state index in [2.05, 4.69) is 42.1 Å². The molecule has 53 heavy (non-hydrogen) atoms. The van der Waals surface area contributed by atoms with E-state index >= 15 is 0 Å². The van der Waals surface area contributed by atoms with E-state index in [1.165, 1.54) is 60.7 Å². The Labute approximate surface area is 300 Å². The zero-order chi connectivity index (χ0) is 38.5. The lowest BCUT2D eigenvalue weighted by Crippen LogP contribution is -2.05. The van der Waals surface area contributed by atoms with Crippen LogP contribution in [0, 0.1) is 18.3 Å². The minimum absolute atomic E-state index is 0.00282. The van der Waals surface area contributed by atoms with Gasteiger partial charge in [-0.25, -0.2) is 14.6 Å². The molecule has 0 bridgehead atoms. The molecule has 0 aliphatic heterocycles. The Bertz CT molecular complexity index is 2540. The van der Waals surface area contributed by atoms with Crippen LogP contribution >= 0.6 is 0 Å². The lowest BCUT2D eigenvalue weighted by atomic mass is 10.1. The smallest absolute Gasteiger partial charge is 0.335 e. The predicted octanol–water partition coefficient (Wildman–Crippen LogP) is 7.47. The fraction of sp³-hybridized carbons (Fsp3) is 0.0303. The zero-order valence-corrected chi connectivity index (χ0v) is 28.5. The number of aromatic nitrogens is 1. The van der Waals surface area contributed by atoms with E-state index in [4.69, 9.17) is 0 Å². The normalized spacial score (nSPS) is 11.7. The Morgan fingerprint density at radius 2 is 1.06 bits per heavy atom. The van der Waals surface area contributed by atoms with Crippen molar-refractivity contribution in [3.63, 3.8) is 0 Å². The van der Waals surface area contributed by atoms with Crippen LogP contribution in [0.5, 0.6) is 0 Å². The number of nitrogens with one attached hydrogen (secondary N) is 2. The number of hydrogen-bond donors (Lipinski definition) is 6. The first-order valence-electron chi connectivity index (χ1n) is 14.7. The summed E-state index contributed by atoms with van der Waals surface area (Å²) in [6.07, 6.45) is 0. The third-order valence-electron chi connectivity index (χ3n) is 7.16. The quantitative estimate of drug-likeness (QED) is 0.0532. The van der Waals surface area contributed by atoms with Crippen molar-refractivity contribution in [1.82, 2.24) is 4.98 Å². The minimum Gasteiger partial charge on any atom is -0.478 e. The molecule has 1 heterocycles. The summed E-state index contributed by atoms with van der Waals surface area (Å²) < 4.78 is 64.7. The number of carboxylic acid groups (broad SMARTS) is 2. The van der Waals surface area contributed by atoms with E-state index in [1.807, 2.05) is 0 Å². The van der Waals surface area contributed by atoms with Gasteiger partial charge in [0.15, 0.2) is 11.6 Å². The Morgan fingerprint density at radius 1 is 0.642 bits per heavy atom. The SMILES string of the molecule is Cc1c(C#N)c(Nc2ccc(S(=O)(=O)O)cc2)nc(Nc2ccc(S(=O)(=O)O)cc2)c1/N=N/c1ccc(/N=N/c2cc(C(=O)O)cc(C(=O)O)c2)cc1. The second-order valence-electron chi connectivity index (χ2n) is 10.8. The van der Waals surface area contributed by atoms with Gasteiger partial charge in [0.25, 0.3) is 20.2 Å². The fourth-order valence-corrected chi connectivity index (χ4v) is 5.51. The number of aromatic carboxylic acids is 2. The molecule has 0 aliphatic rings. The van der Waals surface area contributed by atoms with Crippen molar-refractivity contribution in [2.45, 2.75) is 16.7 Å². The summed E-state index contributed by atoms with van der Waals surface area (Å²) in [5.41, 5.74) is 1.14. The third kappa shape index (κ3) is 9.25. The summed E-state index contributed by atoms with van der Waals surface area (Å²) >= 11 is 0. The molecule has 0 radical (unpaired) electrons. The highest BCUT2D eigenvalue weighted by atomic mass is 32.2. The van der Waals surface area contributed by atoms with Crippen LogP contribution in [0.4, 0.5) is 45.8 Å². The maximum Gasteiger partial charge on any atom is 0.335 e. The number of benzene rings is 4. The summed E-state index contributed by atoms with van der Waals surface area (Å²) in [4.78, 5) is 26.6. The van der Waals surface area contributed by atoms with Crippen molar-refractivity contribution in [2.24, 2.45) is 20.5 Å². The van der Waals surface area contributed by atoms with Gasteiger partial charge < -0.3 is 20.8 Å². The fourth-order valence-electron chi connectivity index (χ4n) is 4.55. The highest BCUT2D eigenvalue weighted by Crippen LogP contribution is 2.37. The molecule has 6 N–H and O–H groups in total. The zero-order valence-electron chi connectivity index (χ0n) is 26.9. The van der Waals surface area contributed by atoms with Gasteiger partial charge in [0.2, 0.25) is 0 Å². The monoisotopic (exact) mass is 756 g/mol. The van der Waals surface area contributed by atoms with Crippen LogP contribution in [0.2, 0.25) is 0 Å². The second kappa shape index (κ2) is 15.1. The molecule has 0 saturated heterocycles. The molecule has 1 aromatic heterocycles. The maximum atomic E-state index is 11.5. The van der Waals surface area contributed by atoms with E-state index in [0.29, 0.717) is 28.3 Å². The van der Waals surface area contributed by atoms with Crippen molar-refractivity contribution < 1.29 is 45.7 Å². The summed E-state index contributed by atoms with van der Waals surface area (Å²) in [5, 5.41) is 51.1. The molecule has 0 atom stereocenters. The Balaban J connectivity index is 1.48.